The van der Waals surface area contributed by atoms with E-state index in [1.54, 1.807) is 30.0 Å². The summed E-state index contributed by atoms with van der Waals surface area (Å²) in [7, 11) is 3.46. The molecule has 156 valence electrons. The van der Waals surface area contributed by atoms with E-state index in [0.29, 0.717) is 24.8 Å². The molecule has 1 aliphatic rings. The first-order valence-electron chi connectivity index (χ1n) is 10.5. The predicted molar refractivity (Wildman–Crippen MR) is 117 cm³/mol. The molecule has 2 amide bonds. The molecule has 1 heterocycles. The van der Waals surface area contributed by atoms with E-state index in [1.165, 1.54) is 0 Å². The summed E-state index contributed by atoms with van der Waals surface area (Å²) in [5.41, 5.74) is 2.61. The molecule has 0 radical (unpaired) electrons. The summed E-state index contributed by atoms with van der Waals surface area (Å²) in [6.45, 7) is 3.99. The van der Waals surface area contributed by atoms with Crippen molar-refractivity contribution in [3.05, 3.63) is 70.8 Å². The number of nitrogens with zero attached hydrogens (tertiary/aromatic N) is 3. The Labute approximate surface area is 178 Å². The summed E-state index contributed by atoms with van der Waals surface area (Å²) in [6, 6.07) is 17.1. The molecular weight excluding hydrogens is 374 g/mol. The third-order valence-electron chi connectivity index (χ3n) is 6.54. The van der Waals surface area contributed by atoms with Crippen LogP contribution in [0.15, 0.2) is 48.5 Å². The van der Waals surface area contributed by atoms with E-state index in [0.717, 1.165) is 23.1 Å². The van der Waals surface area contributed by atoms with Crippen LogP contribution in [-0.2, 0) is 28.9 Å². The fourth-order valence-corrected chi connectivity index (χ4v) is 4.58. The minimum Gasteiger partial charge on any atom is -0.331 e. The van der Waals surface area contributed by atoms with Crippen molar-refractivity contribution in [3.8, 4) is 6.07 Å². The number of likely N-dealkylation sites (N-methyl/N-ethyl adjacent to an activating group) is 2. The van der Waals surface area contributed by atoms with Crippen LogP contribution in [0.4, 0.5) is 0 Å². The van der Waals surface area contributed by atoms with E-state index in [2.05, 4.69) is 6.07 Å². The second kappa shape index (κ2) is 8.71. The van der Waals surface area contributed by atoms with Crippen molar-refractivity contribution in [3.63, 3.8) is 0 Å². The van der Waals surface area contributed by atoms with Crippen LogP contribution in [0, 0.1) is 11.3 Å². The smallest absolute Gasteiger partial charge is 0.249 e. The standard InChI is InChI=1S/C25H29N3O2/c1-5-19-13-10-14-20(17-26)21(19)15-22-23(29)28(4)25(6-2,24(30)27(22)3)16-18-11-8-7-9-12-18/h7-14,22H,5-6,15-16H2,1-4H3. The second-order valence-electron chi connectivity index (χ2n) is 7.99. The number of hydrogen-bond acceptors (Lipinski definition) is 3. The summed E-state index contributed by atoms with van der Waals surface area (Å²) < 4.78 is 0. The van der Waals surface area contributed by atoms with Crippen LogP contribution in [0.3, 0.4) is 0 Å². The average molecular weight is 404 g/mol. The van der Waals surface area contributed by atoms with Gasteiger partial charge in [-0.2, -0.15) is 5.26 Å². The molecule has 5 heteroatoms. The molecule has 3 rings (SSSR count). The minimum absolute atomic E-state index is 0.0477. The molecule has 0 aliphatic carbocycles. The molecule has 1 aliphatic heterocycles. The second-order valence-corrected chi connectivity index (χ2v) is 7.99. The van der Waals surface area contributed by atoms with Gasteiger partial charge in [-0.3, -0.25) is 9.59 Å². The Morgan fingerprint density at radius 2 is 1.73 bits per heavy atom. The molecule has 1 saturated heterocycles. The highest BCUT2D eigenvalue weighted by molar-refractivity contribution is 6.00. The van der Waals surface area contributed by atoms with Crippen molar-refractivity contribution >= 4 is 11.8 Å². The van der Waals surface area contributed by atoms with Gasteiger partial charge in [0.1, 0.15) is 11.6 Å². The van der Waals surface area contributed by atoms with Gasteiger partial charge in [-0.25, -0.2) is 0 Å². The SMILES string of the molecule is CCc1cccc(C#N)c1CC1C(=O)N(C)C(CC)(Cc2ccccc2)C(=O)N1C. The van der Waals surface area contributed by atoms with Gasteiger partial charge in [0.2, 0.25) is 11.8 Å². The zero-order valence-corrected chi connectivity index (χ0v) is 18.2. The van der Waals surface area contributed by atoms with E-state index in [-0.39, 0.29) is 11.8 Å². The van der Waals surface area contributed by atoms with Crippen molar-refractivity contribution in [2.45, 2.75) is 51.1 Å². The highest BCUT2D eigenvalue weighted by atomic mass is 16.2. The summed E-state index contributed by atoms with van der Waals surface area (Å²) in [5.74, 6) is -0.127. The average Bonchev–Trinajstić information content (AvgIpc) is 2.78. The van der Waals surface area contributed by atoms with Gasteiger partial charge in [0.05, 0.1) is 11.6 Å². The molecule has 5 nitrogen and oxygen atoms in total. The van der Waals surface area contributed by atoms with Crippen molar-refractivity contribution in [1.82, 2.24) is 9.80 Å². The third kappa shape index (κ3) is 3.59. The third-order valence-corrected chi connectivity index (χ3v) is 6.54. The van der Waals surface area contributed by atoms with Gasteiger partial charge >= 0.3 is 0 Å². The van der Waals surface area contributed by atoms with Crippen LogP contribution < -0.4 is 0 Å². The zero-order chi connectivity index (χ0) is 21.9. The van der Waals surface area contributed by atoms with Crippen molar-refractivity contribution in [2.24, 2.45) is 0 Å². The first-order chi connectivity index (χ1) is 14.4. The number of hydrogen-bond donors (Lipinski definition) is 0. The molecule has 0 aromatic heterocycles. The highest BCUT2D eigenvalue weighted by Crippen LogP contribution is 2.33. The Morgan fingerprint density at radius 1 is 1.03 bits per heavy atom. The Balaban J connectivity index is 1.97. The summed E-state index contributed by atoms with van der Waals surface area (Å²) >= 11 is 0. The number of piperazine rings is 1. The van der Waals surface area contributed by atoms with Crippen LogP contribution in [0.25, 0.3) is 0 Å². The number of amides is 2. The van der Waals surface area contributed by atoms with Crippen LogP contribution in [0.2, 0.25) is 0 Å². The summed E-state index contributed by atoms with van der Waals surface area (Å²) in [4.78, 5) is 30.4. The van der Waals surface area contributed by atoms with Gasteiger partial charge in [0.15, 0.2) is 0 Å². The number of carbonyl (C=O) groups is 2. The fourth-order valence-electron chi connectivity index (χ4n) is 4.58. The summed E-state index contributed by atoms with van der Waals surface area (Å²) in [5, 5.41) is 9.56. The maximum absolute atomic E-state index is 13.6. The minimum atomic E-state index is -0.897. The lowest BCUT2D eigenvalue weighted by Crippen LogP contribution is -2.70. The first kappa shape index (κ1) is 21.6. The Hall–Kier alpha value is -3.13. The number of carbonyl (C=O) groups excluding carboxylic acids is 2. The number of aryl methyl sites for hydroxylation is 1. The van der Waals surface area contributed by atoms with Gasteiger partial charge in [-0.15, -0.1) is 0 Å². The normalized spacial score (nSPS) is 21.6. The Kier molecular flexibility index (Phi) is 6.26. The Bertz CT molecular complexity index is 980. The monoisotopic (exact) mass is 403 g/mol. The lowest BCUT2D eigenvalue weighted by Gasteiger charge is -2.50. The van der Waals surface area contributed by atoms with Crippen LogP contribution in [0.1, 0.15) is 42.5 Å². The molecule has 0 saturated carbocycles. The van der Waals surface area contributed by atoms with Crippen LogP contribution in [-0.4, -0.2) is 47.3 Å². The summed E-state index contributed by atoms with van der Waals surface area (Å²) in [6.07, 6.45) is 2.14. The molecule has 2 aromatic carbocycles. The van der Waals surface area contributed by atoms with Gasteiger partial charge < -0.3 is 9.80 Å². The van der Waals surface area contributed by atoms with Gasteiger partial charge in [-0.1, -0.05) is 56.3 Å². The molecule has 1 fully saturated rings. The highest BCUT2D eigenvalue weighted by Gasteiger charge is 2.52. The molecular formula is C25H29N3O2. The van der Waals surface area contributed by atoms with E-state index < -0.39 is 11.6 Å². The van der Waals surface area contributed by atoms with Crippen LogP contribution in [0.5, 0.6) is 0 Å². The number of rotatable bonds is 6. The maximum Gasteiger partial charge on any atom is 0.249 e. The maximum atomic E-state index is 13.6. The number of benzene rings is 2. The zero-order valence-electron chi connectivity index (χ0n) is 18.2. The van der Waals surface area contributed by atoms with E-state index in [1.807, 2.05) is 56.3 Å². The van der Waals surface area contributed by atoms with Crippen molar-refractivity contribution in [1.29, 1.82) is 5.26 Å². The van der Waals surface area contributed by atoms with Crippen molar-refractivity contribution in [2.75, 3.05) is 14.1 Å². The fraction of sp³-hybridized carbons (Fsp3) is 0.400. The molecule has 0 spiro atoms. The number of nitriles is 1. The van der Waals surface area contributed by atoms with Crippen LogP contribution >= 0.6 is 0 Å². The van der Waals surface area contributed by atoms with E-state index in [9.17, 15) is 14.9 Å². The largest absolute Gasteiger partial charge is 0.331 e. The van der Waals surface area contributed by atoms with Crippen molar-refractivity contribution < 1.29 is 9.59 Å². The molecule has 30 heavy (non-hydrogen) atoms. The molecule has 2 atom stereocenters. The quantitative estimate of drug-likeness (QED) is 0.743. The molecule has 0 bridgehead atoms. The van der Waals surface area contributed by atoms with E-state index in [4.69, 9.17) is 0 Å². The predicted octanol–water partition coefficient (Wildman–Crippen LogP) is 3.35. The van der Waals surface area contributed by atoms with E-state index >= 15 is 0 Å². The Morgan fingerprint density at radius 3 is 2.33 bits per heavy atom. The molecule has 0 N–H and O–H groups in total. The topological polar surface area (TPSA) is 64.4 Å². The van der Waals surface area contributed by atoms with Gasteiger partial charge in [0, 0.05) is 26.9 Å². The molecule has 2 unspecified atom stereocenters. The van der Waals surface area contributed by atoms with Gasteiger partial charge in [-0.05, 0) is 35.6 Å². The molecule has 2 aromatic rings. The lowest BCUT2D eigenvalue weighted by atomic mass is 9.81. The van der Waals surface area contributed by atoms with Gasteiger partial charge in [0.25, 0.3) is 0 Å². The lowest BCUT2D eigenvalue weighted by molar-refractivity contribution is -0.167. The first-order valence-corrected chi connectivity index (χ1v) is 10.5.